The van der Waals surface area contributed by atoms with Gasteiger partial charge in [0.05, 0.1) is 0 Å². The molecule has 0 spiro atoms. The number of rotatable bonds is 4. The first kappa shape index (κ1) is 14.3. The smallest absolute Gasteiger partial charge is 0.313 e. The molecule has 0 aliphatic heterocycles. The number of thiophene rings is 1. The molecule has 5 heteroatoms. The molecule has 0 bridgehead atoms. The highest BCUT2D eigenvalue weighted by Gasteiger charge is 2.16. The molecule has 1 aromatic carbocycles. The Hall–Kier alpha value is -2.14. The summed E-state index contributed by atoms with van der Waals surface area (Å²) in [5.41, 5.74) is 0.610. The van der Waals surface area contributed by atoms with E-state index >= 15 is 0 Å². The maximum Gasteiger partial charge on any atom is 0.313 e. The summed E-state index contributed by atoms with van der Waals surface area (Å²) in [6.07, 6.45) is 0.724. The lowest BCUT2D eigenvalue weighted by Crippen LogP contribution is -2.41. The number of amides is 2. The van der Waals surface area contributed by atoms with Crippen molar-refractivity contribution in [1.82, 2.24) is 5.32 Å². The fourth-order valence-electron chi connectivity index (χ4n) is 1.78. The Morgan fingerprint density at radius 2 is 1.85 bits per heavy atom. The molecule has 0 aliphatic rings. The van der Waals surface area contributed by atoms with Crippen LogP contribution in [0.1, 0.15) is 11.8 Å². The van der Waals surface area contributed by atoms with Crippen LogP contribution in [-0.4, -0.2) is 17.9 Å². The highest BCUT2D eigenvalue weighted by atomic mass is 32.1. The first-order valence-electron chi connectivity index (χ1n) is 6.34. The highest BCUT2D eigenvalue weighted by Crippen LogP contribution is 2.11. The van der Waals surface area contributed by atoms with Gasteiger partial charge >= 0.3 is 11.8 Å². The minimum absolute atomic E-state index is 0.0809. The van der Waals surface area contributed by atoms with Gasteiger partial charge in [0.2, 0.25) is 0 Å². The Labute approximate surface area is 121 Å². The lowest BCUT2D eigenvalue weighted by molar-refractivity contribution is -0.136. The maximum absolute atomic E-state index is 11.8. The summed E-state index contributed by atoms with van der Waals surface area (Å²) >= 11 is 1.64. The molecule has 0 fully saturated rings. The van der Waals surface area contributed by atoms with Crippen LogP contribution in [0.15, 0.2) is 47.8 Å². The fourth-order valence-corrected chi connectivity index (χ4v) is 2.62. The Balaban J connectivity index is 1.83. The van der Waals surface area contributed by atoms with Crippen LogP contribution in [0.25, 0.3) is 0 Å². The third kappa shape index (κ3) is 4.20. The first-order chi connectivity index (χ1) is 9.65. The average Bonchev–Trinajstić information content (AvgIpc) is 2.92. The quantitative estimate of drug-likeness (QED) is 0.849. The van der Waals surface area contributed by atoms with Crippen LogP contribution in [0.2, 0.25) is 0 Å². The second kappa shape index (κ2) is 6.86. The lowest BCUT2D eigenvalue weighted by Gasteiger charge is -2.12. The summed E-state index contributed by atoms with van der Waals surface area (Å²) < 4.78 is 0. The zero-order valence-electron chi connectivity index (χ0n) is 11.1. The summed E-state index contributed by atoms with van der Waals surface area (Å²) in [5.74, 6) is -1.26. The molecule has 2 amide bonds. The van der Waals surface area contributed by atoms with Crippen molar-refractivity contribution in [2.24, 2.45) is 0 Å². The molecule has 0 aliphatic carbocycles. The van der Waals surface area contributed by atoms with Gasteiger partial charge in [0.25, 0.3) is 0 Å². The summed E-state index contributed by atoms with van der Waals surface area (Å²) in [4.78, 5) is 24.7. The Morgan fingerprint density at radius 3 is 2.50 bits per heavy atom. The molecule has 2 aromatic rings. The van der Waals surface area contributed by atoms with E-state index in [1.54, 1.807) is 35.6 Å². The molecule has 4 nitrogen and oxygen atoms in total. The van der Waals surface area contributed by atoms with E-state index in [1.807, 2.05) is 30.5 Å². The standard InChI is InChI=1S/C15H16N2O2S/c1-11(10-13-8-5-9-20-13)16-14(18)15(19)17-12-6-3-2-4-7-12/h2-9,11H,10H2,1H3,(H,16,18)(H,17,19). The van der Waals surface area contributed by atoms with Gasteiger partial charge in [-0.2, -0.15) is 0 Å². The van der Waals surface area contributed by atoms with Gasteiger partial charge in [-0.1, -0.05) is 24.3 Å². The van der Waals surface area contributed by atoms with E-state index in [1.165, 1.54) is 4.88 Å². The second-order valence-corrected chi connectivity index (χ2v) is 5.51. The van der Waals surface area contributed by atoms with Crippen LogP contribution in [0, 0.1) is 0 Å². The minimum atomic E-state index is -0.644. The molecule has 1 heterocycles. The van der Waals surface area contributed by atoms with Gasteiger partial charge in [-0.05, 0) is 30.5 Å². The molecule has 1 aromatic heterocycles. The molecule has 2 N–H and O–H groups in total. The van der Waals surface area contributed by atoms with Crippen molar-refractivity contribution in [3.63, 3.8) is 0 Å². The van der Waals surface area contributed by atoms with Crippen LogP contribution in [0.5, 0.6) is 0 Å². The van der Waals surface area contributed by atoms with Crippen molar-refractivity contribution in [3.8, 4) is 0 Å². The molecular formula is C15H16N2O2S. The Bertz CT molecular complexity index is 567. The van der Waals surface area contributed by atoms with Gasteiger partial charge in [0, 0.05) is 23.0 Å². The van der Waals surface area contributed by atoms with Crippen molar-refractivity contribution < 1.29 is 9.59 Å². The molecule has 104 valence electrons. The summed E-state index contributed by atoms with van der Waals surface area (Å²) in [7, 11) is 0. The van der Waals surface area contributed by atoms with E-state index in [-0.39, 0.29) is 6.04 Å². The number of nitrogens with one attached hydrogen (secondary N) is 2. The van der Waals surface area contributed by atoms with Crippen molar-refractivity contribution in [2.75, 3.05) is 5.32 Å². The maximum atomic E-state index is 11.8. The largest absolute Gasteiger partial charge is 0.345 e. The van der Waals surface area contributed by atoms with E-state index in [2.05, 4.69) is 10.6 Å². The van der Waals surface area contributed by atoms with Crippen LogP contribution in [-0.2, 0) is 16.0 Å². The molecule has 2 rings (SSSR count). The SMILES string of the molecule is CC(Cc1cccs1)NC(=O)C(=O)Nc1ccccc1. The van der Waals surface area contributed by atoms with Gasteiger partial charge in [-0.25, -0.2) is 0 Å². The zero-order valence-corrected chi connectivity index (χ0v) is 11.9. The second-order valence-electron chi connectivity index (χ2n) is 4.48. The molecule has 1 atom stereocenters. The van der Waals surface area contributed by atoms with Gasteiger partial charge in [0.15, 0.2) is 0 Å². The van der Waals surface area contributed by atoms with Crippen LogP contribution >= 0.6 is 11.3 Å². The third-order valence-electron chi connectivity index (χ3n) is 2.70. The number of hydrogen-bond acceptors (Lipinski definition) is 3. The molecule has 0 saturated heterocycles. The van der Waals surface area contributed by atoms with Crippen LogP contribution in [0.3, 0.4) is 0 Å². The Kier molecular flexibility index (Phi) is 4.90. The van der Waals surface area contributed by atoms with E-state index in [9.17, 15) is 9.59 Å². The van der Waals surface area contributed by atoms with Crippen molar-refractivity contribution >= 4 is 28.8 Å². The third-order valence-corrected chi connectivity index (χ3v) is 3.60. The average molecular weight is 288 g/mol. The number of carbonyl (C=O) groups is 2. The monoisotopic (exact) mass is 288 g/mol. The lowest BCUT2D eigenvalue weighted by atomic mass is 10.2. The van der Waals surface area contributed by atoms with Crippen molar-refractivity contribution in [1.29, 1.82) is 0 Å². The van der Waals surface area contributed by atoms with Gasteiger partial charge in [-0.15, -0.1) is 11.3 Å². The highest BCUT2D eigenvalue weighted by molar-refractivity contribution is 7.09. The van der Waals surface area contributed by atoms with E-state index < -0.39 is 11.8 Å². The molecule has 0 saturated carbocycles. The van der Waals surface area contributed by atoms with Gasteiger partial charge in [0.1, 0.15) is 0 Å². The minimum Gasteiger partial charge on any atom is -0.345 e. The zero-order chi connectivity index (χ0) is 14.4. The van der Waals surface area contributed by atoms with E-state index in [0.29, 0.717) is 5.69 Å². The summed E-state index contributed by atoms with van der Waals surface area (Å²) in [6.45, 7) is 1.88. The molecule has 0 radical (unpaired) electrons. The molecular weight excluding hydrogens is 272 g/mol. The van der Waals surface area contributed by atoms with Crippen LogP contribution < -0.4 is 10.6 Å². The molecule has 20 heavy (non-hydrogen) atoms. The number of benzene rings is 1. The van der Waals surface area contributed by atoms with Crippen molar-refractivity contribution in [3.05, 3.63) is 52.7 Å². The molecule has 1 unspecified atom stereocenters. The number of hydrogen-bond donors (Lipinski definition) is 2. The van der Waals surface area contributed by atoms with Gasteiger partial charge < -0.3 is 10.6 Å². The number of para-hydroxylation sites is 1. The normalized spacial score (nSPS) is 11.7. The predicted octanol–water partition coefficient (Wildman–Crippen LogP) is 2.43. The topological polar surface area (TPSA) is 58.2 Å². The summed E-state index contributed by atoms with van der Waals surface area (Å²) in [5, 5.41) is 7.24. The van der Waals surface area contributed by atoms with E-state index in [4.69, 9.17) is 0 Å². The number of anilines is 1. The fraction of sp³-hybridized carbons (Fsp3) is 0.200. The van der Waals surface area contributed by atoms with E-state index in [0.717, 1.165) is 6.42 Å². The van der Waals surface area contributed by atoms with Gasteiger partial charge in [-0.3, -0.25) is 9.59 Å². The predicted molar refractivity (Wildman–Crippen MR) is 80.7 cm³/mol. The first-order valence-corrected chi connectivity index (χ1v) is 7.22. The number of carbonyl (C=O) groups excluding carboxylic acids is 2. The van der Waals surface area contributed by atoms with Crippen LogP contribution in [0.4, 0.5) is 5.69 Å². The van der Waals surface area contributed by atoms with Crippen molar-refractivity contribution in [2.45, 2.75) is 19.4 Å². The Morgan fingerprint density at radius 1 is 1.10 bits per heavy atom. The summed E-state index contributed by atoms with van der Waals surface area (Å²) in [6, 6.07) is 12.8.